The fourth-order valence-electron chi connectivity index (χ4n) is 3.21. The Hall–Kier alpha value is -2.55. The second kappa shape index (κ2) is 5.52. The summed E-state index contributed by atoms with van der Waals surface area (Å²) in [5.74, 6) is 3.57. The molecule has 2 fully saturated rings. The van der Waals surface area contributed by atoms with Crippen molar-refractivity contribution in [3.8, 4) is 0 Å². The molecule has 5 rings (SSSR count). The molecule has 0 unspecified atom stereocenters. The molecule has 0 radical (unpaired) electrons. The Bertz CT molecular complexity index is 841. The number of anilines is 1. The minimum Gasteiger partial charge on any atom is -0.353 e. The van der Waals surface area contributed by atoms with Crippen LogP contribution < -0.4 is 4.90 Å². The molecule has 9 heteroatoms. The van der Waals surface area contributed by atoms with E-state index in [4.69, 9.17) is 0 Å². The molecule has 1 saturated heterocycles. The van der Waals surface area contributed by atoms with Crippen LogP contribution in [0.2, 0.25) is 0 Å². The normalized spacial score (nSPS) is 19.2. The van der Waals surface area contributed by atoms with E-state index in [1.807, 2.05) is 10.7 Å². The maximum absolute atomic E-state index is 4.62. The lowest BCUT2D eigenvalue weighted by Gasteiger charge is -2.35. The Morgan fingerprint density at radius 2 is 2.00 bits per heavy atom. The summed E-state index contributed by atoms with van der Waals surface area (Å²) in [6.45, 7) is 4.66. The lowest BCUT2D eigenvalue weighted by Crippen LogP contribution is -2.46. The van der Waals surface area contributed by atoms with Gasteiger partial charge in [0.2, 0.25) is 0 Å². The van der Waals surface area contributed by atoms with E-state index in [9.17, 15) is 0 Å². The van der Waals surface area contributed by atoms with Gasteiger partial charge in [0.25, 0.3) is 0 Å². The number of H-pyrrole nitrogens is 1. The molecule has 1 aliphatic heterocycles. The van der Waals surface area contributed by atoms with E-state index >= 15 is 0 Å². The summed E-state index contributed by atoms with van der Waals surface area (Å²) in [7, 11) is 0. The molecule has 0 aromatic carbocycles. The molecule has 3 aromatic rings. The fourth-order valence-corrected chi connectivity index (χ4v) is 3.21. The van der Waals surface area contributed by atoms with Crippen LogP contribution in [0, 0.1) is 0 Å². The predicted molar refractivity (Wildman–Crippen MR) is 86.6 cm³/mol. The van der Waals surface area contributed by atoms with Crippen LogP contribution in [-0.2, 0) is 6.54 Å². The summed E-state index contributed by atoms with van der Waals surface area (Å²) < 4.78 is 1.85. The average molecular weight is 325 g/mol. The summed E-state index contributed by atoms with van der Waals surface area (Å²) in [4.78, 5) is 17.8. The van der Waals surface area contributed by atoms with Gasteiger partial charge in [-0.2, -0.15) is 14.7 Å². The molecule has 124 valence electrons. The molecule has 0 amide bonds. The topological polar surface area (TPSA) is 91.1 Å². The van der Waals surface area contributed by atoms with Gasteiger partial charge in [-0.1, -0.05) is 0 Å². The quantitative estimate of drug-likeness (QED) is 0.744. The van der Waals surface area contributed by atoms with Crippen molar-refractivity contribution in [2.75, 3.05) is 31.1 Å². The highest BCUT2D eigenvalue weighted by Gasteiger charge is 2.28. The zero-order chi connectivity index (χ0) is 15.9. The Morgan fingerprint density at radius 1 is 1.12 bits per heavy atom. The molecular weight excluding hydrogens is 306 g/mol. The van der Waals surface area contributed by atoms with Gasteiger partial charge in [-0.15, -0.1) is 0 Å². The van der Waals surface area contributed by atoms with Crippen molar-refractivity contribution in [1.29, 1.82) is 0 Å². The van der Waals surface area contributed by atoms with Gasteiger partial charge >= 0.3 is 0 Å². The molecule has 1 N–H and O–H groups in total. The van der Waals surface area contributed by atoms with Crippen LogP contribution in [0.4, 0.5) is 5.82 Å². The van der Waals surface area contributed by atoms with Crippen LogP contribution in [0.25, 0.3) is 5.65 Å². The van der Waals surface area contributed by atoms with E-state index in [0.717, 1.165) is 55.8 Å². The molecule has 0 bridgehead atoms. The first-order valence-electron chi connectivity index (χ1n) is 8.39. The number of aromatic amines is 1. The van der Waals surface area contributed by atoms with Crippen molar-refractivity contribution in [2.24, 2.45) is 0 Å². The van der Waals surface area contributed by atoms with Crippen molar-refractivity contribution in [3.05, 3.63) is 30.4 Å². The van der Waals surface area contributed by atoms with Crippen LogP contribution in [0.3, 0.4) is 0 Å². The number of fused-ring (bicyclic) bond motifs is 1. The first kappa shape index (κ1) is 13.8. The number of aromatic nitrogens is 7. The van der Waals surface area contributed by atoms with Crippen LogP contribution in [0.15, 0.2) is 18.7 Å². The summed E-state index contributed by atoms with van der Waals surface area (Å²) in [5.41, 5.74) is 0.782. The first-order chi connectivity index (χ1) is 11.9. The minimum absolute atomic E-state index is 0.600. The van der Waals surface area contributed by atoms with Gasteiger partial charge in [0.1, 0.15) is 12.2 Å². The standard InChI is InChI=1S/C15H19N9/c1-2-11(1)15-19-12(20-21-15)9-22-3-5-23(6-4-22)14-8-16-7-13-17-10-18-24(13)14/h7-8,10-11H,1-6,9H2,(H,19,20,21). The van der Waals surface area contributed by atoms with Gasteiger partial charge in [0.05, 0.1) is 18.9 Å². The molecule has 0 atom stereocenters. The zero-order valence-electron chi connectivity index (χ0n) is 13.3. The third-order valence-corrected chi connectivity index (χ3v) is 4.73. The lowest BCUT2D eigenvalue weighted by atomic mass is 10.3. The molecular formula is C15H19N9. The van der Waals surface area contributed by atoms with Crippen molar-refractivity contribution < 1.29 is 0 Å². The predicted octanol–water partition coefficient (Wildman–Crippen LogP) is 0.442. The minimum atomic E-state index is 0.600. The van der Waals surface area contributed by atoms with E-state index in [2.05, 4.69) is 40.0 Å². The van der Waals surface area contributed by atoms with Crippen LogP contribution >= 0.6 is 0 Å². The molecule has 0 spiro atoms. The van der Waals surface area contributed by atoms with E-state index in [1.165, 1.54) is 12.8 Å². The lowest BCUT2D eigenvalue weighted by molar-refractivity contribution is 0.243. The maximum Gasteiger partial charge on any atom is 0.175 e. The van der Waals surface area contributed by atoms with Crippen molar-refractivity contribution in [3.63, 3.8) is 0 Å². The monoisotopic (exact) mass is 325 g/mol. The Morgan fingerprint density at radius 3 is 2.83 bits per heavy atom. The average Bonchev–Trinajstić information content (AvgIpc) is 3.17. The van der Waals surface area contributed by atoms with Crippen LogP contribution in [0.5, 0.6) is 0 Å². The molecule has 2 aliphatic rings. The van der Waals surface area contributed by atoms with Gasteiger partial charge in [-0.25, -0.2) is 9.97 Å². The van der Waals surface area contributed by atoms with Gasteiger partial charge in [-0.3, -0.25) is 15.0 Å². The van der Waals surface area contributed by atoms with Crippen molar-refractivity contribution in [1.82, 2.24) is 39.7 Å². The van der Waals surface area contributed by atoms with Gasteiger partial charge in [-0.05, 0) is 12.8 Å². The Labute approximate surface area is 138 Å². The summed E-state index contributed by atoms with van der Waals surface area (Å²) in [6.07, 6.45) is 7.62. The number of nitrogens with zero attached hydrogens (tertiary/aromatic N) is 8. The molecule has 24 heavy (non-hydrogen) atoms. The summed E-state index contributed by atoms with van der Waals surface area (Å²) in [6, 6.07) is 0. The number of hydrogen-bond acceptors (Lipinski definition) is 7. The second-order valence-electron chi connectivity index (χ2n) is 6.47. The van der Waals surface area contributed by atoms with E-state index in [-0.39, 0.29) is 0 Å². The highest BCUT2D eigenvalue weighted by atomic mass is 15.4. The van der Waals surface area contributed by atoms with Crippen molar-refractivity contribution in [2.45, 2.75) is 25.3 Å². The van der Waals surface area contributed by atoms with Gasteiger partial charge in [0.15, 0.2) is 17.3 Å². The smallest absolute Gasteiger partial charge is 0.175 e. The summed E-state index contributed by atoms with van der Waals surface area (Å²) in [5, 5.41) is 11.7. The highest BCUT2D eigenvalue weighted by molar-refractivity contribution is 5.46. The molecule has 3 aromatic heterocycles. The largest absolute Gasteiger partial charge is 0.353 e. The Kier molecular flexibility index (Phi) is 3.18. The highest BCUT2D eigenvalue weighted by Crippen LogP contribution is 2.37. The van der Waals surface area contributed by atoms with Crippen molar-refractivity contribution >= 4 is 11.5 Å². The number of hydrogen-bond donors (Lipinski definition) is 1. The molecule has 9 nitrogen and oxygen atoms in total. The van der Waals surface area contributed by atoms with Gasteiger partial charge in [0, 0.05) is 32.1 Å². The maximum atomic E-state index is 4.62. The zero-order valence-corrected chi connectivity index (χ0v) is 13.3. The van der Waals surface area contributed by atoms with E-state index in [1.54, 1.807) is 12.5 Å². The first-order valence-corrected chi connectivity index (χ1v) is 8.39. The Balaban J connectivity index is 1.24. The molecule has 1 saturated carbocycles. The molecule has 1 aliphatic carbocycles. The number of rotatable bonds is 4. The molecule has 4 heterocycles. The number of nitrogens with one attached hydrogen (secondary N) is 1. The third kappa shape index (κ3) is 2.50. The third-order valence-electron chi connectivity index (χ3n) is 4.73. The second-order valence-corrected chi connectivity index (χ2v) is 6.47. The van der Waals surface area contributed by atoms with E-state index in [0.29, 0.717) is 5.92 Å². The van der Waals surface area contributed by atoms with Gasteiger partial charge < -0.3 is 4.90 Å². The number of piperazine rings is 1. The van der Waals surface area contributed by atoms with E-state index < -0.39 is 0 Å². The van der Waals surface area contributed by atoms with Crippen LogP contribution in [-0.4, -0.2) is 65.8 Å². The van der Waals surface area contributed by atoms with Crippen LogP contribution in [0.1, 0.15) is 30.4 Å². The fraction of sp³-hybridized carbons (Fsp3) is 0.533. The SMILES string of the molecule is c1nc2cncc(N3CCN(Cc4nc(C5CC5)n[nH]4)CC3)n2n1. The summed E-state index contributed by atoms with van der Waals surface area (Å²) >= 11 is 0.